The minimum Gasteiger partial charge on any atom is -0.389 e. The van der Waals surface area contributed by atoms with Crippen LogP contribution in [0, 0.1) is 18.3 Å². The van der Waals surface area contributed by atoms with E-state index in [1.807, 2.05) is 32.1 Å². The van der Waals surface area contributed by atoms with Gasteiger partial charge >= 0.3 is 0 Å². The zero-order valence-corrected chi connectivity index (χ0v) is 21.7. The number of amides is 1. The standard InChI is InChI=1S/C28H36FN3O5/c1-15-18(6-5-13-30-15)31-24(36)17-7-8-20-25(17,2)10-9-16-22(34)28(29)23(35)21(33)19(32(3)4)14-26(28)11-12-27(16,20)37-26/h5-7,9,13,19-23,33-35H,8,10-12,14H2,1-4H3,(H,31,36). The van der Waals surface area contributed by atoms with Crippen LogP contribution in [0.2, 0.25) is 0 Å². The summed E-state index contributed by atoms with van der Waals surface area (Å²) in [5.74, 6) is -0.363. The summed E-state index contributed by atoms with van der Waals surface area (Å²) in [6.45, 7) is 3.89. The van der Waals surface area contributed by atoms with Crippen LogP contribution in [-0.2, 0) is 9.53 Å². The van der Waals surface area contributed by atoms with Crippen LogP contribution in [0.3, 0.4) is 0 Å². The maximum absolute atomic E-state index is 16.9. The molecule has 1 amide bonds. The maximum atomic E-state index is 16.9. The van der Waals surface area contributed by atoms with Crippen molar-refractivity contribution in [3.63, 3.8) is 0 Å². The summed E-state index contributed by atoms with van der Waals surface area (Å²) in [5, 5.41) is 36.4. The summed E-state index contributed by atoms with van der Waals surface area (Å²) in [7, 11) is 3.57. The lowest BCUT2D eigenvalue weighted by molar-refractivity contribution is -0.309. The number of carbonyl (C=O) groups excluding carboxylic acids is 1. The molecule has 9 unspecified atom stereocenters. The second-order valence-electron chi connectivity index (χ2n) is 12.1. The van der Waals surface area contributed by atoms with E-state index in [4.69, 9.17) is 4.74 Å². The number of halogens is 1. The monoisotopic (exact) mass is 513 g/mol. The molecule has 2 spiro atoms. The van der Waals surface area contributed by atoms with E-state index in [0.29, 0.717) is 42.5 Å². The predicted molar refractivity (Wildman–Crippen MR) is 134 cm³/mol. The Morgan fingerprint density at radius 3 is 2.70 bits per heavy atom. The van der Waals surface area contributed by atoms with Crippen molar-refractivity contribution < 1.29 is 29.2 Å². The lowest BCUT2D eigenvalue weighted by atomic mass is 9.56. The van der Waals surface area contributed by atoms with Gasteiger partial charge in [-0.3, -0.25) is 9.78 Å². The summed E-state index contributed by atoms with van der Waals surface area (Å²) in [5.41, 5.74) is -2.99. The van der Waals surface area contributed by atoms with E-state index in [1.165, 1.54) is 0 Å². The zero-order chi connectivity index (χ0) is 26.5. The van der Waals surface area contributed by atoms with E-state index >= 15 is 4.39 Å². The number of aliphatic hydroxyl groups excluding tert-OH is 3. The Hall–Kier alpha value is -2.17. The number of hydrogen-bond donors (Lipinski definition) is 4. The van der Waals surface area contributed by atoms with Crippen molar-refractivity contribution in [2.45, 2.75) is 87.2 Å². The number of carbonyl (C=O) groups is 1. The van der Waals surface area contributed by atoms with Crippen molar-refractivity contribution in [2.24, 2.45) is 11.3 Å². The van der Waals surface area contributed by atoms with Gasteiger partial charge in [-0.1, -0.05) is 19.1 Å². The van der Waals surface area contributed by atoms with Crippen molar-refractivity contribution in [2.75, 3.05) is 19.4 Å². The third-order valence-electron chi connectivity index (χ3n) is 10.3. The van der Waals surface area contributed by atoms with Crippen molar-refractivity contribution in [3.8, 4) is 0 Å². The van der Waals surface area contributed by atoms with Crippen LogP contribution in [0.1, 0.15) is 44.7 Å². The average Bonchev–Trinajstić information content (AvgIpc) is 3.39. The van der Waals surface area contributed by atoms with Crippen LogP contribution >= 0.6 is 0 Å². The molecule has 9 atom stereocenters. The number of fused-ring (bicyclic) bond motifs is 1. The number of nitrogens with one attached hydrogen (secondary N) is 1. The molecular weight excluding hydrogens is 477 g/mol. The van der Waals surface area contributed by atoms with E-state index in [0.717, 1.165) is 5.69 Å². The second-order valence-corrected chi connectivity index (χ2v) is 12.1. The molecule has 0 radical (unpaired) electrons. The number of hydrogen-bond acceptors (Lipinski definition) is 7. The first-order chi connectivity index (χ1) is 17.4. The molecule has 2 bridgehead atoms. The lowest BCUT2D eigenvalue weighted by Gasteiger charge is -2.62. The largest absolute Gasteiger partial charge is 0.389 e. The Bertz CT molecular complexity index is 1220. The van der Waals surface area contributed by atoms with Gasteiger partial charge in [0.05, 0.1) is 23.1 Å². The quantitative estimate of drug-likeness (QED) is 0.457. The molecule has 200 valence electrons. The molecule has 9 heteroatoms. The Labute approximate surface area is 216 Å². The fourth-order valence-corrected chi connectivity index (χ4v) is 8.24. The van der Waals surface area contributed by atoms with Gasteiger partial charge in [0.25, 0.3) is 5.91 Å². The number of allylic oxidation sites excluding steroid dienone is 2. The third-order valence-corrected chi connectivity index (χ3v) is 10.3. The van der Waals surface area contributed by atoms with Gasteiger partial charge in [-0.2, -0.15) is 0 Å². The fraction of sp³-hybridized carbons (Fsp3) is 0.643. The average molecular weight is 514 g/mol. The van der Waals surface area contributed by atoms with Crippen LogP contribution < -0.4 is 5.32 Å². The van der Waals surface area contributed by atoms with Gasteiger partial charge in [0, 0.05) is 29.1 Å². The van der Waals surface area contributed by atoms with Crippen LogP contribution in [0.5, 0.6) is 0 Å². The normalized spacial score (nSPS) is 46.0. The van der Waals surface area contributed by atoms with E-state index in [-0.39, 0.29) is 18.2 Å². The molecule has 1 aromatic heterocycles. The topological polar surface area (TPSA) is 115 Å². The van der Waals surface area contributed by atoms with Crippen molar-refractivity contribution in [3.05, 3.63) is 47.3 Å². The molecule has 37 heavy (non-hydrogen) atoms. The number of rotatable bonds is 3. The summed E-state index contributed by atoms with van der Waals surface area (Å²) >= 11 is 0. The highest BCUT2D eigenvalue weighted by Crippen LogP contribution is 2.69. The molecule has 2 saturated heterocycles. The number of aromatic nitrogens is 1. The number of aryl methyl sites for hydroxylation is 1. The van der Waals surface area contributed by atoms with Crippen LogP contribution in [0.4, 0.5) is 10.1 Å². The first-order valence-electron chi connectivity index (χ1n) is 13.2. The van der Waals surface area contributed by atoms with Gasteiger partial charge in [-0.25, -0.2) is 4.39 Å². The van der Waals surface area contributed by atoms with Gasteiger partial charge < -0.3 is 30.3 Å². The van der Waals surface area contributed by atoms with Crippen molar-refractivity contribution >= 4 is 11.6 Å². The highest BCUT2D eigenvalue weighted by Gasteiger charge is 2.79. The maximum Gasteiger partial charge on any atom is 0.251 e. The minimum atomic E-state index is -2.53. The number of nitrogens with zero attached hydrogens (tertiary/aromatic N) is 2. The number of likely N-dealkylation sites (N-methyl/N-ethyl adjacent to an activating group) is 1. The lowest BCUT2D eigenvalue weighted by Crippen LogP contribution is -2.78. The molecular formula is C28H36FN3O5. The third kappa shape index (κ3) is 3.00. The first kappa shape index (κ1) is 25.1. The molecule has 8 nitrogen and oxygen atoms in total. The van der Waals surface area contributed by atoms with Gasteiger partial charge in [-0.15, -0.1) is 0 Å². The highest BCUT2D eigenvalue weighted by molar-refractivity contribution is 6.05. The fourth-order valence-electron chi connectivity index (χ4n) is 8.24. The van der Waals surface area contributed by atoms with Crippen LogP contribution in [-0.4, -0.2) is 86.4 Å². The summed E-state index contributed by atoms with van der Waals surface area (Å²) in [6, 6.07) is 3.08. The Morgan fingerprint density at radius 1 is 1.24 bits per heavy atom. The van der Waals surface area contributed by atoms with E-state index in [1.54, 1.807) is 31.3 Å². The number of anilines is 1. The molecule has 3 aliphatic carbocycles. The van der Waals surface area contributed by atoms with E-state index < -0.39 is 46.6 Å². The molecule has 4 N–H and O–H groups in total. The van der Waals surface area contributed by atoms with E-state index in [2.05, 4.69) is 10.3 Å². The first-order valence-corrected chi connectivity index (χ1v) is 13.2. The smallest absolute Gasteiger partial charge is 0.251 e. The van der Waals surface area contributed by atoms with E-state index in [9.17, 15) is 20.1 Å². The number of pyridine rings is 1. The molecule has 6 rings (SSSR count). The molecule has 2 aliphatic heterocycles. The zero-order valence-electron chi connectivity index (χ0n) is 21.7. The Balaban J connectivity index is 1.37. The van der Waals surface area contributed by atoms with Crippen molar-refractivity contribution in [1.82, 2.24) is 9.88 Å². The van der Waals surface area contributed by atoms with Gasteiger partial charge in [0.2, 0.25) is 0 Å². The van der Waals surface area contributed by atoms with Crippen LogP contribution in [0.15, 0.2) is 41.6 Å². The summed E-state index contributed by atoms with van der Waals surface area (Å²) < 4.78 is 23.8. The van der Waals surface area contributed by atoms with Gasteiger partial charge in [0.1, 0.15) is 17.8 Å². The number of ether oxygens (including phenoxy) is 1. The molecule has 3 fully saturated rings. The molecule has 1 saturated carbocycles. The molecule has 5 aliphatic rings. The summed E-state index contributed by atoms with van der Waals surface area (Å²) in [6.07, 6.45) is 2.65. The molecule has 3 heterocycles. The summed E-state index contributed by atoms with van der Waals surface area (Å²) in [4.78, 5) is 19.5. The van der Waals surface area contributed by atoms with Crippen LogP contribution in [0.25, 0.3) is 0 Å². The second kappa shape index (κ2) is 7.93. The number of aliphatic hydroxyl groups is 3. The predicted octanol–water partition coefficient (Wildman–Crippen LogP) is 2.04. The Kier molecular flexibility index (Phi) is 5.38. The minimum absolute atomic E-state index is 0.158. The van der Waals surface area contributed by atoms with Gasteiger partial charge in [0.15, 0.2) is 5.67 Å². The SMILES string of the molecule is Cc1ncccc1NC(=O)C1=CCC2C1(C)CC=C1C(O)C3(F)C(O)C(O)C(N(C)C)CC34CCC12O4. The molecule has 0 aromatic carbocycles. The van der Waals surface area contributed by atoms with Gasteiger partial charge in [-0.05, 0) is 70.8 Å². The highest BCUT2D eigenvalue weighted by atomic mass is 19.1. The molecule has 1 aromatic rings. The van der Waals surface area contributed by atoms with Crippen molar-refractivity contribution in [1.29, 1.82) is 0 Å². The number of alkyl halides is 1. The Morgan fingerprint density at radius 2 is 2.00 bits per heavy atom.